The molecule has 2 aromatic rings. The van der Waals surface area contributed by atoms with Crippen LogP contribution in [0.2, 0.25) is 0 Å². The van der Waals surface area contributed by atoms with Crippen molar-refractivity contribution < 1.29 is 4.79 Å². The molecule has 0 aliphatic heterocycles. The molecule has 3 heteroatoms. The number of carbonyl (C=O) groups excluding carboxylic acids is 1. The van der Waals surface area contributed by atoms with E-state index in [2.05, 4.69) is 17.4 Å². The highest BCUT2D eigenvalue weighted by molar-refractivity contribution is 5.97. The van der Waals surface area contributed by atoms with E-state index in [4.69, 9.17) is 5.73 Å². The van der Waals surface area contributed by atoms with Gasteiger partial charge in [-0.2, -0.15) is 0 Å². The number of nitrogen functional groups attached to an aromatic ring is 1. The number of carbonyl (C=O) groups is 1. The average molecular weight is 280 g/mol. The van der Waals surface area contributed by atoms with Crippen molar-refractivity contribution in [2.45, 2.75) is 32.7 Å². The molecule has 0 spiro atoms. The molecule has 2 aromatic carbocycles. The summed E-state index contributed by atoms with van der Waals surface area (Å²) in [5.74, 6) is -0.0305. The van der Waals surface area contributed by atoms with Gasteiger partial charge in [0.25, 0.3) is 5.91 Å². The van der Waals surface area contributed by atoms with Crippen LogP contribution >= 0.6 is 0 Å². The number of nitrogens with two attached hydrogens (primary N) is 1. The summed E-state index contributed by atoms with van der Waals surface area (Å²) < 4.78 is 0. The summed E-state index contributed by atoms with van der Waals surface area (Å²) in [5.41, 5.74) is 11.9. The standard InChI is InChI=1S/C18H20N2O/c1-11-7-12(2)17(19)10-16(11)18(21)20-15-8-13-5-3-4-6-14(13)9-15/h3-7,10,15H,8-9,19H2,1-2H3,(H,20,21). The van der Waals surface area contributed by atoms with E-state index >= 15 is 0 Å². The molecule has 0 saturated carbocycles. The lowest BCUT2D eigenvalue weighted by Gasteiger charge is -2.14. The minimum atomic E-state index is -0.0305. The Balaban J connectivity index is 1.75. The van der Waals surface area contributed by atoms with Gasteiger partial charge in [0, 0.05) is 17.3 Å². The fourth-order valence-corrected chi connectivity index (χ4v) is 3.04. The molecule has 0 bridgehead atoms. The second-order valence-electron chi connectivity index (χ2n) is 5.87. The maximum absolute atomic E-state index is 12.5. The van der Waals surface area contributed by atoms with Crippen LogP contribution in [0.15, 0.2) is 36.4 Å². The highest BCUT2D eigenvalue weighted by Crippen LogP contribution is 2.23. The molecule has 0 radical (unpaired) electrons. The Labute approximate surface area is 125 Å². The smallest absolute Gasteiger partial charge is 0.251 e. The van der Waals surface area contributed by atoms with Crippen LogP contribution in [-0.2, 0) is 12.8 Å². The van der Waals surface area contributed by atoms with E-state index in [1.807, 2.05) is 32.0 Å². The molecule has 1 aliphatic rings. The highest BCUT2D eigenvalue weighted by atomic mass is 16.1. The van der Waals surface area contributed by atoms with E-state index in [9.17, 15) is 4.79 Å². The zero-order valence-electron chi connectivity index (χ0n) is 12.4. The third-order valence-electron chi connectivity index (χ3n) is 4.24. The van der Waals surface area contributed by atoms with Crippen molar-refractivity contribution in [3.05, 3.63) is 64.2 Å². The number of hydrogen-bond acceptors (Lipinski definition) is 2. The van der Waals surface area contributed by atoms with E-state index in [-0.39, 0.29) is 11.9 Å². The SMILES string of the molecule is Cc1cc(C)c(C(=O)NC2Cc3ccccc3C2)cc1N. The van der Waals surface area contributed by atoms with Crippen molar-refractivity contribution in [2.75, 3.05) is 5.73 Å². The molecule has 0 atom stereocenters. The predicted octanol–water partition coefficient (Wildman–Crippen LogP) is 2.78. The second kappa shape index (κ2) is 5.24. The Hall–Kier alpha value is -2.29. The monoisotopic (exact) mass is 280 g/mol. The van der Waals surface area contributed by atoms with Crippen molar-refractivity contribution in [1.82, 2.24) is 5.32 Å². The lowest BCUT2D eigenvalue weighted by molar-refractivity contribution is 0.0938. The van der Waals surface area contributed by atoms with Crippen LogP contribution in [0.5, 0.6) is 0 Å². The maximum atomic E-state index is 12.5. The molecule has 0 unspecified atom stereocenters. The second-order valence-corrected chi connectivity index (χ2v) is 5.87. The lowest BCUT2D eigenvalue weighted by Crippen LogP contribution is -2.35. The van der Waals surface area contributed by atoms with Gasteiger partial charge in [-0.1, -0.05) is 30.3 Å². The summed E-state index contributed by atoms with van der Waals surface area (Å²) >= 11 is 0. The van der Waals surface area contributed by atoms with E-state index < -0.39 is 0 Å². The van der Waals surface area contributed by atoms with Gasteiger partial charge < -0.3 is 11.1 Å². The normalized spacial score (nSPS) is 14.0. The minimum absolute atomic E-state index is 0.0305. The number of rotatable bonds is 2. The third-order valence-corrected chi connectivity index (χ3v) is 4.24. The fourth-order valence-electron chi connectivity index (χ4n) is 3.04. The molecule has 3 N–H and O–H groups in total. The van der Waals surface area contributed by atoms with Gasteiger partial charge in [-0.15, -0.1) is 0 Å². The van der Waals surface area contributed by atoms with Crippen LogP contribution in [0, 0.1) is 13.8 Å². The Morgan fingerprint density at radius 2 is 1.71 bits per heavy atom. The summed E-state index contributed by atoms with van der Waals surface area (Å²) in [4.78, 5) is 12.5. The molecule has 21 heavy (non-hydrogen) atoms. The van der Waals surface area contributed by atoms with E-state index in [1.54, 1.807) is 6.07 Å². The number of nitrogens with one attached hydrogen (secondary N) is 1. The molecule has 0 saturated heterocycles. The van der Waals surface area contributed by atoms with Gasteiger partial charge in [0.1, 0.15) is 0 Å². The summed E-state index contributed by atoms with van der Waals surface area (Å²) in [6, 6.07) is 12.3. The number of hydrogen-bond donors (Lipinski definition) is 2. The largest absolute Gasteiger partial charge is 0.398 e. The van der Waals surface area contributed by atoms with Crippen molar-refractivity contribution in [2.24, 2.45) is 0 Å². The Morgan fingerprint density at radius 1 is 1.10 bits per heavy atom. The molecule has 1 amide bonds. The Bertz CT molecular complexity index is 681. The molecule has 0 heterocycles. The van der Waals surface area contributed by atoms with Gasteiger partial charge in [0.2, 0.25) is 0 Å². The van der Waals surface area contributed by atoms with Gasteiger partial charge in [0.05, 0.1) is 0 Å². The number of fused-ring (bicyclic) bond motifs is 1. The van der Waals surface area contributed by atoms with Crippen molar-refractivity contribution in [3.63, 3.8) is 0 Å². The van der Waals surface area contributed by atoms with Crippen LogP contribution in [0.4, 0.5) is 5.69 Å². The average Bonchev–Trinajstić information content (AvgIpc) is 2.84. The Kier molecular flexibility index (Phi) is 3.42. The number of aryl methyl sites for hydroxylation is 2. The van der Waals surface area contributed by atoms with E-state index in [0.717, 1.165) is 24.0 Å². The van der Waals surface area contributed by atoms with Gasteiger partial charge in [-0.05, 0) is 55.0 Å². The van der Waals surface area contributed by atoms with Gasteiger partial charge in [-0.3, -0.25) is 4.79 Å². The quantitative estimate of drug-likeness (QED) is 0.831. The van der Waals surface area contributed by atoms with E-state index in [0.29, 0.717) is 11.3 Å². The number of amides is 1. The zero-order valence-corrected chi connectivity index (χ0v) is 12.4. The first-order valence-corrected chi connectivity index (χ1v) is 7.29. The third kappa shape index (κ3) is 2.64. The van der Waals surface area contributed by atoms with Gasteiger partial charge in [-0.25, -0.2) is 0 Å². The number of anilines is 1. The van der Waals surface area contributed by atoms with E-state index in [1.165, 1.54) is 11.1 Å². The molecule has 0 aromatic heterocycles. The molecule has 108 valence electrons. The van der Waals surface area contributed by atoms with Crippen molar-refractivity contribution in [1.29, 1.82) is 0 Å². The molecule has 3 rings (SSSR count). The summed E-state index contributed by atoms with van der Waals surface area (Å²) in [6.45, 7) is 3.91. The molecule has 1 aliphatic carbocycles. The van der Waals surface area contributed by atoms with Crippen LogP contribution in [-0.4, -0.2) is 11.9 Å². The fraction of sp³-hybridized carbons (Fsp3) is 0.278. The van der Waals surface area contributed by atoms with Crippen molar-refractivity contribution >= 4 is 11.6 Å². The predicted molar refractivity (Wildman–Crippen MR) is 85.4 cm³/mol. The summed E-state index contributed by atoms with van der Waals surface area (Å²) in [6.07, 6.45) is 1.81. The minimum Gasteiger partial charge on any atom is -0.398 e. The lowest BCUT2D eigenvalue weighted by atomic mass is 10.0. The molecule has 0 fully saturated rings. The van der Waals surface area contributed by atoms with Crippen LogP contribution < -0.4 is 11.1 Å². The van der Waals surface area contributed by atoms with Gasteiger partial charge >= 0.3 is 0 Å². The first-order valence-electron chi connectivity index (χ1n) is 7.29. The topological polar surface area (TPSA) is 55.1 Å². The van der Waals surface area contributed by atoms with Gasteiger partial charge in [0.15, 0.2) is 0 Å². The van der Waals surface area contributed by atoms with Crippen LogP contribution in [0.1, 0.15) is 32.6 Å². The number of benzene rings is 2. The molecular weight excluding hydrogens is 260 g/mol. The maximum Gasteiger partial charge on any atom is 0.251 e. The van der Waals surface area contributed by atoms with Crippen LogP contribution in [0.3, 0.4) is 0 Å². The summed E-state index contributed by atoms with van der Waals surface area (Å²) in [5, 5.41) is 3.14. The molecule has 3 nitrogen and oxygen atoms in total. The first kappa shape index (κ1) is 13.7. The van der Waals surface area contributed by atoms with Crippen LogP contribution in [0.25, 0.3) is 0 Å². The summed E-state index contributed by atoms with van der Waals surface area (Å²) in [7, 11) is 0. The van der Waals surface area contributed by atoms with Crippen molar-refractivity contribution in [3.8, 4) is 0 Å². The highest BCUT2D eigenvalue weighted by Gasteiger charge is 2.23. The molecular formula is C18H20N2O. The zero-order chi connectivity index (χ0) is 15.0. The Morgan fingerprint density at radius 3 is 2.33 bits per heavy atom. The first-order chi connectivity index (χ1) is 10.0.